The normalized spacial score (nSPS) is 24.4. The summed E-state index contributed by atoms with van der Waals surface area (Å²) in [7, 11) is 0. The summed E-state index contributed by atoms with van der Waals surface area (Å²) in [5.74, 6) is 0.922. The molecule has 0 radical (unpaired) electrons. The van der Waals surface area contributed by atoms with Gasteiger partial charge >= 0.3 is 6.03 Å². The molecule has 1 saturated carbocycles. The Bertz CT molecular complexity index is 724. The number of nitrogens with zero attached hydrogens (tertiary/aromatic N) is 4. The maximum atomic E-state index is 12.9. The maximum absolute atomic E-state index is 12.9. The summed E-state index contributed by atoms with van der Waals surface area (Å²) < 4.78 is 6.12. The molecule has 0 aromatic heterocycles. The molecule has 31 heavy (non-hydrogen) atoms. The van der Waals surface area contributed by atoms with E-state index in [1.807, 2.05) is 4.90 Å². The van der Waals surface area contributed by atoms with Gasteiger partial charge in [0.1, 0.15) is 11.9 Å². The average Bonchev–Trinajstić information content (AvgIpc) is 2.97. The minimum absolute atomic E-state index is 0.121. The Morgan fingerprint density at radius 3 is 2.29 bits per heavy atom. The zero-order valence-corrected chi connectivity index (χ0v) is 18.9. The van der Waals surface area contributed by atoms with E-state index in [2.05, 4.69) is 39.0 Å². The van der Waals surface area contributed by atoms with Crippen molar-refractivity contribution in [3.8, 4) is 5.75 Å². The lowest BCUT2D eigenvalue weighted by Gasteiger charge is -2.41. The Morgan fingerprint density at radius 1 is 0.806 bits per heavy atom. The lowest BCUT2D eigenvalue weighted by Crippen LogP contribution is -2.60. The molecule has 0 bridgehead atoms. The van der Waals surface area contributed by atoms with Crippen LogP contribution in [0.15, 0.2) is 24.3 Å². The summed E-state index contributed by atoms with van der Waals surface area (Å²) in [4.78, 5) is 22.1. The van der Waals surface area contributed by atoms with Crippen LogP contribution in [-0.4, -0.2) is 90.1 Å². The first-order chi connectivity index (χ1) is 15.2. The van der Waals surface area contributed by atoms with E-state index in [0.717, 1.165) is 50.9 Å². The van der Waals surface area contributed by atoms with Crippen LogP contribution in [0, 0.1) is 0 Å². The number of carbonyl (C=O) groups excluding carboxylic acids is 1. The highest BCUT2D eigenvalue weighted by molar-refractivity contribution is 5.75. The highest BCUT2D eigenvalue weighted by atomic mass is 16.5. The molecule has 0 N–H and O–H groups in total. The van der Waals surface area contributed by atoms with E-state index in [1.165, 1.54) is 57.2 Å². The number of rotatable bonds is 5. The van der Waals surface area contributed by atoms with Gasteiger partial charge in [0.05, 0.1) is 13.1 Å². The summed E-state index contributed by atoms with van der Waals surface area (Å²) in [5, 5.41) is 0. The molecule has 5 rings (SSSR count). The van der Waals surface area contributed by atoms with E-state index < -0.39 is 0 Å². The minimum atomic E-state index is 0.121. The van der Waals surface area contributed by atoms with Gasteiger partial charge in [0.2, 0.25) is 0 Å². The van der Waals surface area contributed by atoms with Gasteiger partial charge in [0, 0.05) is 38.8 Å². The van der Waals surface area contributed by atoms with Crippen LogP contribution in [0.5, 0.6) is 5.75 Å². The first-order valence-corrected chi connectivity index (χ1v) is 12.5. The Hall–Kier alpha value is -1.79. The minimum Gasteiger partial charge on any atom is -0.487 e. The van der Waals surface area contributed by atoms with Crippen LogP contribution in [0.3, 0.4) is 0 Å². The second-order valence-corrected chi connectivity index (χ2v) is 9.87. The number of hydrogen-bond donors (Lipinski definition) is 0. The van der Waals surface area contributed by atoms with Crippen molar-refractivity contribution in [1.82, 2.24) is 19.6 Å². The van der Waals surface area contributed by atoms with Gasteiger partial charge < -0.3 is 14.5 Å². The molecular weight excluding hydrogens is 388 g/mol. The molecule has 0 unspecified atom stereocenters. The molecule has 1 aliphatic carbocycles. The van der Waals surface area contributed by atoms with Gasteiger partial charge in [-0.15, -0.1) is 0 Å². The predicted octanol–water partition coefficient (Wildman–Crippen LogP) is 3.42. The molecular formula is C25H38N4O2. The maximum Gasteiger partial charge on any atom is 0.320 e. The summed E-state index contributed by atoms with van der Waals surface area (Å²) in [5.41, 5.74) is 1.36. The van der Waals surface area contributed by atoms with Gasteiger partial charge in [-0.2, -0.15) is 0 Å². The third-order valence-corrected chi connectivity index (χ3v) is 7.59. The highest BCUT2D eigenvalue weighted by Gasteiger charge is 2.36. The number of carbonyl (C=O) groups is 1. The Balaban J connectivity index is 1.04. The first-order valence-electron chi connectivity index (χ1n) is 12.5. The fraction of sp³-hybridized carbons (Fsp3) is 0.720. The second kappa shape index (κ2) is 9.78. The second-order valence-electron chi connectivity index (χ2n) is 9.87. The van der Waals surface area contributed by atoms with Gasteiger partial charge in [-0.05, 0) is 62.9 Å². The van der Waals surface area contributed by atoms with Gasteiger partial charge in [0.15, 0.2) is 0 Å². The molecule has 4 aliphatic rings. The number of amides is 2. The highest BCUT2D eigenvalue weighted by Crippen LogP contribution is 2.26. The van der Waals surface area contributed by atoms with Crippen LogP contribution in [0.25, 0.3) is 0 Å². The van der Waals surface area contributed by atoms with Crippen molar-refractivity contribution in [2.24, 2.45) is 0 Å². The van der Waals surface area contributed by atoms with E-state index in [4.69, 9.17) is 4.74 Å². The lowest BCUT2D eigenvalue weighted by molar-refractivity contribution is 0.0308. The zero-order chi connectivity index (χ0) is 21.0. The Morgan fingerprint density at radius 2 is 1.58 bits per heavy atom. The molecule has 3 aliphatic heterocycles. The number of piperidine rings is 1. The SMILES string of the molecule is O=C(N1CCCN(C2CCC2)CC1)N1CC(Oc2ccc(CN3CCCCC3)cc2)C1. The number of hydrogen-bond acceptors (Lipinski definition) is 4. The van der Waals surface area contributed by atoms with E-state index in [9.17, 15) is 4.79 Å². The zero-order valence-electron chi connectivity index (χ0n) is 18.9. The van der Waals surface area contributed by atoms with E-state index in [1.54, 1.807) is 0 Å². The number of benzene rings is 1. The summed E-state index contributed by atoms with van der Waals surface area (Å²) in [6.45, 7) is 8.84. The number of urea groups is 1. The monoisotopic (exact) mass is 426 g/mol. The smallest absolute Gasteiger partial charge is 0.320 e. The summed E-state index contributed by atoms with van der Waals surface area (Å²) >= 11 is 0. The van der Waals surface area contributed by atoms with Crippen LogP contribution in [0.1, 0.15) is 50.5 Å². The molecule has 0 spiro atoms. The van der Waals surface area contributed by atoms with Gasteiger partial charge in [-0.3, -0.25) is 9.80 Å². The van der Waals surface area contributed by atoms with Crippen molar-refractivity contribution in [3.05, 3.63) is 29.8 Å². The van der Waals surface area contributed by atoms with Gasteiger partial charge in [-0.25, -0.2) is 4.79 Å². The molecule has 6 heteroatoms. The lowest BCUT2D eigenvalue weighted by atomic mass is 9.91. The summed E-state index contributed by atoms with van der Waals surface area (Å²) in [6, 6.07) is 9.55. The predicted molar refractivity (Wildman–Crippen MR) is 122 cm³/mol. The average molecular weight is 427 g/mol. The number of ether oxygens (including phenoxy) is 1. The van der Waals surface area contributed by atoms with Crippen molar-refractivity contribution in [1.29, 1.82) is 0 Å². The molecule has 1 aromatic rings. The molecule has 3 heterocycles. The fourth-order valence-electron chi connectivity index (χ4n) is 5.36. The third-order valence-electron chi connectivity index (χ3n) is 7.59. The van der Waals surface area contributed by atoms with Gasteiger partial charge in [0.25, 0.3) is 0 Å². The van der Waals surface area contributed by atoms with Crippen LogP contribution in [0.2, 0.25) is 0 Å². The van der Waals surface area contributed by atoms with Crippen LogP contribution < -0.4 is 4.74 Å². The molecule has 6 nitrogen and oxygen atoms in total. The quantitative estimate of drug-likeness (QED) is 0.723. The van der Waals surface area contributed by atoms with Crippen LogP contribution in [-0.2, 0) is 6.54 Å². The molecule has 4 fully saturated rings. The first kappa shape index (κ1) is 21.1. The molecule has 1 aromatic carbocycles. The van der Waals surface area contributed by atoms with Crippen molar-refractivity contribution in [2.75, 3.05) is 52.4 Å². The van der Waals surface area contributed by atoms with E-state index in [-0.39, 0.29) is 12.1 Å². The topological polar surface area (TPSA) is 39.3 Å². The Kier molecular flexibility index (Phi) is 6.65. The van der Waals surface area contributed by atoms with Crippen LogP contribution >= 0.6 is 0 Å². The van der Waals surface area contributed by atoms with Crippen molar-refractivity contribution >= 4 is 6.03 Å². The van der Waals surface area contributed by atoms with Crippen LogP contribution in [0.4, 0.5) is 4.79 Å². The van der Waals surface area contributed by atoms with Gasteiger partial charge in [-0.1, -0.05) is 25.0 Å². The molecule has 3 saturated heterocycles. The van der Waals surface area contributed by atoms with Crippen molar-refractivity contribution < 1.29 is 9.53 Å². The molecule has 0 atom stereocenters. The largest absolute Gasteiger partial charge is 0.487 e. The fourth-order valence-corrected chi connectivity index (χ4v) is 5.36. The van der Waals surface area contributed by atoms with Crippen molar-refractivity contribution in [3.63, 3.8) is 0 Å². The van der Waals surface area contributed by atoms with E-state index in [0.29, 0.717) is 13.1 Å². The number of likely N-dealkylation sites (tertiary alicyclic amines) is 2. The Labute approximate surface area is 187 Å². The summed E-state index contributed by atoms with van der Waals surface area (Å²) in [6.07, 6.45) is 9.32. The standard InChI is InChI=1S/C25H38N4O2/c30-25(28-15-5-14-27(16-17-28)22-6-4-7-22)29-19-24(20-29)31-23-10-8-21(9-11-23)18-26-12-2-1-3-13-26/h8-11,22,24H,1-7,12-20H2. The molecule has 2 amide bonds. The van der Waals surface area contributed by atoms with E-state index >= 15 is 0 Å². The third kappa shape index (κ3) is 5.17. The van der Waals surface area contributed by atoms with Crippen molar-refractivity contribution in [2.45, 2.75) is 63.6 Å². The molecule has 170 valence electrons.